The monoisotopic (exact) mass is 226 g/mol. The Bertz CT molecular complexity index is 292. The van der Waals surface area contributed by atoms with Crippen LogP contribution in [0.4, 0.5) is 0 Å². The predicted octanol–water partition coefficient (Wildman–Crippen LogP) is 1.21. The van der Waals surface area contributed by atoms with Crippen LogP contribution < -0.4 is 11.1 Å². The van der Waals surface area contributed by atoms with Crippen molar-refractivity contribution in [2.24, 2.45) is 23.5 Å². The fraction of sp³-hybridized carbons (Fsp3) is 0.818. The number of carbonyl (C=O) groups is 1. The van der Waals surface area contributed by atoms with Crippen LogP contribution in [0.2, 0.25) is 0 Å². The van der Waals surface area contributed by atoms with Crippen molar-refractivity contribution in [2.75, 3.05) is 0 Å². The molecule has 2 fully saturated rings. The van der Waals surface area contributed by atoms with E-state index in [9.17, 15) is 4.79 Å². The maximum atomic E-state index is 11.7. The van der Waals surface area contributed by atoms with Gasteiger partial charge in [0.05, 0.1) is 10.9 Å². The lowest BCUT2D eigenvalue weighted by Gasteiger charge is -2.24. The van der Waals surface area contributed by atoms with E-state index in [4.69, 9.17) is 18.0 Å². The Labute approximate surface area is 95.8 Å². The van der Waals surface area contributed by atoms with Crippen molar-refractivity contribution >= 4 is 23.1 Å². The summed E-state index contributed by atoms with van der Waals surface area (Å²) in [4.78, 5) is 12.0. The Morgan fingerprint density at radius 3 is 2.67 bits per heavy atom. The van der Waals surface area contributed by atoms with Crippen molar-refractivity contribution in [1.82, 2.24) is 5.32 Å². The molecule has 0 aromatic carbocycles. The van der Waals surface area contributed by atoms with E-state index in [0.717, 1.165) is 12.3 Å². The molecule has 4 heteroatoms. The van der Waals surface area contributed by atoms with E-state index < -0.39 is 0 Å². The standard InChI is InChI=1S/C11H18N2OS/c1-6(10(12)15)11(14)13-9-5-7-2-3-8(9)4-7/h6-9H,2-5H2,1H3,(H2,12,15)(H,13,14). The molecular weight excluding hydrogens is 208 g/mol. The molecule has 3 nitrogen and oxygen atoms in total. The normalized spacial score (nSPS) is 35.1. The van der Waals surface area contributed by atoms with Gasteiger partial charge in [-0.3, -0.25) is 4.79 Å². The highest BCUT2D eigenvalue weighted by molar-refractivity contribution is 7.80. The van der Waals surface area contributed by atoms with E-state index in [1.165, 1.54) is 19.3 Å². The summed E-state index contributed by atoms with van der Waals surface area (Å²) in [6.45, 7) is 1.77. The van der Waals surface area contributed by atoms with Gasteiger partial charge in [-0.25, -0.2) is 0 Å². The molecule has 3 N–H and O–H groups in total. The van der Waals surface area contributed by atoms with Crippen LogP contribution in [0.15, 0.2) is 0 Å². The number of hydrogen-bond acceptors (Lipinski definition) is 2. The van der Waals surface area contributed by atoms with Crippen molar-refractivity contribution in [1.29, 1.82) is 0 Å². The topological polar surface area (TPSA) is 55.1 Å². The van der Waals surface area contributed by atoms with E-state index in [-0.39, 0.29) is 16.8 Å². The minimum atomic E-state index is -0.334. The number of nitrogens with two attached hydrogens (primary N) is 1. The summed E-state index contributed by atoms with van der Waals surface area (Å²) in [6.07, 6.45) is 5.08. The number of hydrogen-bond donors (Lipinski definition) is 2. The average molecular weight is 226 g/mol. The highest BCUT2D eigenvalue weighted by atomic mass is 32.1. The first-order valence-corrected chi connectivity index (χ1v) is 6.08. The number of carbonyl (C=O) groups excluding carboxylic acids is 1. The molecule has 0 radical (unpaired) electrons. The average Bonchev–Trinajstić information content (AvgIpc) is 2.77. The first kappa shape index (κ1) is 10.9. The molecule has 15 heavy (non-hydrogen) atoms. The fourth-order valence-corrected chi connectivity index (χ4v) is 2.97. The molecule has 0 spiro atoms. The molecule has 4 unspecified atom stereocenters. The van der Waals surface area contributed by atoms with E-state index in [1.54, 1.807) is 6.92 Å². The van der Waals surface area contributed by atoms with Crippen LogP contribution in [-0.2, 0) is 4.79 Å². The second kappa shape index (κ2) is 4.08. The molecule has 2 aliphatic rings. The Balaban J connectivity index is 1.87. The quantitative estimate of drug-likeness (QED) is 0.711. The van der Waals surface area contributed by atoms with Crippen molar-refractivity contribution in [3.8, 4) is 0 Å². The number of nitrogens with one attached hydrogen (secondary N) is 1. The Morgan fingerprint density at radius 1 is 1.47 bits per heavy atom. The SMILES string of the molecule is CC(C(=O)NC1CC2CCC1C2)C(N)=S. The second-order valence-corrected chi connectivity index (χ2v) is 5.39. The molecule has 2 aliphatic carbocycles. The van der Waals surface area contributed by atoms with E-state index in [2.05, 4.69) is 5.32 Å². The highest BCUT2D eigenvalue weighted by Crippen LogP contribution is 2.44. The third-order valence-electron chi connectivity index (χ3n) is 3.89. The number of thiocarbonyl (C=S) groups is 1. The van der Waals surface area contributed by atoms with Gasteiger partial charge in [0.25, 0.3) is 0 Å². The van der Waals surface area contributed by atoms with E-state index in [0.29, 0.717) is 12.0 Å². The number of amides is 1. The summed E-state index contributed by atoms with van der Waals surface area (Å²) in [7, 11) is 0. The Morgan fingerprint density at radius 2 is 2.20 bits per heavy atom. The molecule has 4 atom stereocenters. The molecule has 2 rings (SSSR count). The molecule has 2 saturated carbocycles. The van der Waals surface area contributed by atoms with Crippen LogP contribution >= 0.6 is 12.2 Å². The van der Waals surface area contributed by atoms with Gasteiger partial charge in [-0.15, -0.1) is 0 Å². The van der Waals surface area contributed by atoms with Crippen LogP contribution in [-0.4, -0.2) is 16.9 Å². The molecule has 0 aromatic heterocycles. The zero-order valence-electron chi connectivity index (χ0n) is 9.03. The second-order valence-electron chi connectivity index (χ2n) is 4.91. The van der Waals surface area contributed by atoms with Gasteiger partial charge in [0.2, 0.25) is 5.91 Å². The molecule has 1 amide bonds. The molecule has 0 heterocycles. The van der Waals surface area contributed by atoms with Crippen LogP contribution in [0.1, 0.15) is 32.6 Å². The van der Waals surface area contributed by atoms with Gasteiger partial charge in [0.15, 0.2) is 0 Å². The molecule has 0 aliphatic heterocycles. The molecule has 0 aromatic rings. The lowest BCUT2D eigenvalue weighted by Crippen LogP contribution is -2.44. The highest BCUT2D eigenvalue weighted by Gasteiger charge is 2.40. The van der Waals surface area contributed by atoms with Crippen molar-refractivity contribution < 1.29 is 4.79 Å². The maximum absolute atomic E-state index is 11.7. The van der Waals surface area contributed by atoms with E-state index in [1.807, 2.05) is 0 Å². The van der Waals surface area contributed by atoms with Crippen LogP contribution in [0.25, 0.3) is 0 Å². The molecule has 2 bridgehead atoms. The minimum Gasteiger partial charge on any atom is -0.393 e. The number of rotatable bonds is 3. The summed E-state index contributed by atoms with van der Waals surface area (Å²) in [5.41, 5.74) is 5.46. The molecular formula is C11H18N2OS. The van der Waals surface area contributed by atoms with Gasteiger partial charge in [-0.2, -0.15) is 0 Å². The van der Waals surface area contributed by atoms with Gasteiger partial charge in [-0.1, -0.05) is 18.6 Å². The Hall–Kier alpha value is -0.640. The molecule has 0 saturated heterocycles. The fourth-order valence-electron chi connectivity index (χ4n) is 2.86. The smallest absolute Gasteiger partial charge is 0.229 e. The predicted molar refractivity (Wildman–Crippen MR) is 63.3 cm³/mol. The zero-order valence-corrected chi connectivity index (χ0v) is 9.85. The third kappa shape index (κ3) is 2.14. The van der Waals surface area contributed by atoms with Gasteiger partial charge < -0.3 is 11.1 Å². The lowest BCUT2D eigenvalue weighted by molar-refractivity contribution is -0.123. The van der Waals surface area contributed by atoms with Gasteiger partial charge in [-0.05, 0) is 38.0 Å². The van der Waals surface area contributed by atoms with Crippen molar-refractivity contribution in [3.63, 3.8) is 0 Å². The summed E-state index contributed by atoms with van der Waals surface area (Å²) in [5.74, 6) is 1.22. The van der Waals surface area contributed by atoms with Crippen LogP contribution in [0.3, 0.4) is 0 Å². The van der Waals surface area contributed by atoms with Crippen molar-refractivity contribution in [3.05, 3.63) is 0 Å². The maximum Gasteiger partial charge on any atom is 0.229 e. The number of fused-ring (bicyclic) bond motifs is 2. The lowest BCUT2D eigenvalue weighted by atomic mass is 9.95. The summed E-state index contributed by atoms with van der Waals surface area (Å²) in [5, 5.41) is 3.08. The summed E-state index contributed by atoms with van der Waals surface area (Å²) in [6, 6.07) is 0.382. The largest absolute Gasteiger partial charge is 0.393 e. The van der Waals surface area contributed by atoms with Crippen molar-refractivity contribution in [2.45, 2.75) is 38.6 Å². The van der Waals surface area contributed by atoms with Crippen LogP contribution in [0, 0.1) is 17.8 Å². The third-order valence-corrected chi connectivity index (χ3v) is 4.24. The first-order valence-electron chi connectivity index (χ1n) is 5.67. The van der Waals surface area contributed by atoms with Crippen LogP contribution in [0.5, 0.6) is 0 Å². The van der Waals surface area contributed by atoms with Gasteiger partial charge in [0, 0.05) is 6.04 Å². The first-order chi connectivity index (χ1) is 7.08. The minimum absolute atomic E-state index is 0.0000463. The molecule has 84 valence electrons. The summed E-state index contributed by atoms with van der Waals surface area (Å²) < 4.78 is 0. The van der Waals surface area contributed by atoms with Gasteiger partial charge in [0.1, 0.15) is 0 Å². The summed E-state index contributed by atoms with van der Waals surface area (Å²) >= 11 is 4.82. The Kier molecular flexibility index (Phi) is 2.96. The van der Waals surface area contributed by atoms with E-state index >= 15 is 0 Å². The zero-order chi connectivity index (χ0) is 11.0. The van der Waals surface area contributed by atoms with Gasteiger partial charge >= 0.3 is 0 Å².